The van der Waals surface area contributed by atoms with Crippen molar-refractivity contribution in [1.82, 2.24) is 4.90 Å². The van der Waals surface area contributed by atoms with Crippen LogP contribution in [0.2, 0.25) is 0 Å². The third-order valence-corrected chi connectivity index (χ3v) is 5.69. The molecule has 1 fully saturated rings. The van der Waals surface area contributed by atoms with Gasteiger partial charge in [-0.25, -0.2) is 9.79 Å². The number of para-hydroxylation sites is 1. The number of aliphatic imine (C=N–C) groups is 1. The molecule has 4 rings (SSSR count). The SMILES string of the molecule is COCCN1C(=O)/C(=C/c2ccc(-c3cccc(C(=O)O)c3)o2)SC1=Nc1ccccc1. The van der Waals surface area contributed by atoms with Crippen molar-refractivity contribution in [3.05, 3.63) is 83.0 Å². The molecule has 0 saturated carbocycles. The molecule has 1 saturated heterocycles. The molecule has 32 heavy (non-hydrogen) atoms. The van der Waals surface area contributed by atoms with Gasteiger partial charge < -0.3 is 14.3 Å². The Balaban J connectivity index is 1.61. The fourth-order valence-corrected chi connectivity index (χ4v) is 4.11. The lowest BCUT2D eigenvalue weighted by Crippen LogP contribution is -2.32. The summed E-state index contributed by atoms with van der Waals surface area (Å²) in [5.41, 5.74) is 1.58. The van der Waals surface area contributed by atoms with Crippen LogP contribution in [0.1, 0.15) is 16.1 Å². The predicted molar refractivity (Wildman–Crippen MR) is 124 cm³/mol. The average Bonchev–Trinajstić information content (AvgIpc) is 3.38. The van der Waals surface area contributed by atoms with Crippen LogP contribution >= 0.6 is 11.8 Å². The molecule has 1 aliphatic heterocycles. The van der Waals surface area contributed by atoms with Gasteiger partial charge in [0.2, 0.25) is 0 Å². The van der Waals surface area contributed by atoms with Crippen LogP contribution in [0.5, 0.6) is 0 Å². The molecule has 1 aliphatic rings. The number of carbonyl (C=O) groups excluding carboxylic acids is 1. The number of hydrogen-bond donors (Lipinski definition) is 1. The molecule has 0 unspecified atom stereocenters. The minimum atomic E-state index is -1.00. The second-order valence-corrected chi connectivity index (χ2v) is 7.89. The number of carboxylic acids is 1. The van der Waals surface area contributed by atoms with E-state index in [1.165, 1.54) is 17.8 Å². The number of methoxy groups -OCH3 is 1. The molecule has 0 radical (unpaired) electrons. The van der Waals surface area contributed by atoms with Gasteiger partial charge >= 0.3 is 5.97 Å². The molecule has 0 aliphatic carbocycles. The summed E-state index contributed by atoms with van der Waals surface area (Å²) >= 11 is 1.27. The van der Waals surface area contributed by atoms with E-state index >= 15 is 0 Å². The molecule has 7 nitrogen and oxygen atoms in total. The molecule has 1 aromatic heterocycles. The molecule has 1 amide bonds. The first-order valence-corrected chi connectivity index (χ1v) is 10.6. The smallest absolute Gasteiger partial charge is 0.335 e. The summed E-state index contributed by atoms with van der Waals surface area (Å²) in [6.45, 7) is 0.773. The van der Waals surface area contributed by atoms with Crippen LogP contribution in [0.4, 0.5) is 5.69 Å². The van der Waals surface area contributed by atoms with Gasteiger partial charge in [-0.15, -0.1) is 0 Å². The number of amides is 1. The van der Waals surface area contributed by atoms with E-state index in [0.29, 0.717) is 40.3 Å². The average molecular weight is 449 g/mol. The summed E-state index contributed by atoms with van der Waals surface area (Å²) in [6.07, 6.45) is 1.67. The Labute approximate surface area is 189 Å². The molecule has 8 heteroatoms. The van der Waals surface area contributed by atoms with E-state index in [2.05, 4.69) is 4.99 Å². The number of hydrogen-bond acceptors (Lipinski definition) is 6. The topological polar surface area (TPSA) is 92.3 Å². The summed E-state index contributed by atoms with van der Waals surface area (Å²) in [5, 5.41) is 9.77. The summed E-state index contributed by atoms with van der Waals surface area (Å²) in [5.74, 6) is -0.170. The summed E-state index contributed by atoms with van der Waals surface area (Å²) < 4.78 is 11.0. The number of aromatic carboxylic acids is 1. The van der Waals surface area contributed by atoms with Crippen molar-refractivity contribution >= 4 is 40.6 Å². The number of furan rings is 1. The third-order valence-electron chi connectivity index (χ3n) is 4.68. The van der Waals surface area contributed by atoms with E-state index in [0.717, 1.165) is 5.69 Å². The van der Waals surface area contributed by atoms with Crippen LogP contribution in [-0.4, -0.2) is 47.3 Å². The normalized spacial score (nSPS) is 16.3. The van der Waals surface area contributed by atoms with Gasteiger partial charge in [-0.2, -0.15) is 0 Å². The molecular weight excluding hydrogens is 428 g/mol. The Morgan fingerprint density at radius 3 is 2.72 bits per heavy atom. The van der Waals surface area contributed by atoms with E-state index in [9.17, 15) is 14.7 Å². The highest BCUT2D eigenvalue weighted by Crippen LogP contribution is 2.35. The van der Waals surface area contributed by atoms with Crippen LogP contribution in [0, 0.1) is 0 Å². The van der Waals surface area contributed by atoms with Gasteiger partial charge in [0.25, 0.3) is 5.91 Å². The summed E-state index contributed by atoms with van der Waals surface area (Å²) in [7, 11) is 1.59. The standard InChI is InChI=1S/C24H20N2O5S/c1-30-13-12-26-22(27)21(32-24(26)25-18-8-3-2-4-9-18)15-19-10-11-20(31-19)16-6-5-7-17(14-16)23(28)29/h2-11,14-15H,12-13H2,1H3,(H,28,29)/b21-15-,25-24?. The lowest BCUT2D eigenvalue weighted by atomic mass is 10.1. The molecule has 0 spiro atoms. The number of thioether (sulfide) groups is 1. The molecule has 162 valence electrons. The molecule has 3 aromatic rings. The lowest BCUT2D eigenvalue weighted by Gasteiger charge is -2.14. The molecular formula is C24H20N2O5S. The zero-order valence-electron chi connectivity index (χ0n) is 17.2. The van der Waals surface area contributed by atoms with E-state index in [4.69, 9.17) is 9.15 Å². The molecule has 0 atom stereocenters. The maximum atomic E-state index is 13.0. The predicted octanol–water partition coefficient (Wildman–Crippen LogP) is 4.90. The Bertz CT molecular complexity index is 1200. The molecule has 0 bridgehead atoms. The first kappa shape index (κ1) is 21.6. The second kappa shape index (κ2) is 9.67. The summed E-state index contributed by atoms with van der Waals surface area (Å²) in [4.78, 5) is 30.9. The quantitative estimate of drug-likeness (QED) is 0.517. The maximum absolute atomic E-state index is 13.0. The van der Waals surface area contributed by atoms with Crippen LogP contribution < -0.4 is 0 Å². The van der Waals surface area contributed by atoms with Crippen molar-refractivity contribution in [3.8, 4) is 11.3 Å². The zero-order valence-corrected chi connectivity index (χ0v) is 18.0. The van der Waals surface area contributed by atoms with E-state index in [1.54, 1.807) is 48.4 Å². The van der Waals surface area contributed by atoms with Gasteiger partial charge in [-0.05, 0) is 48.2 Å². The minimum Gasteiger partial charge on any atom is -0.478 e. The second-order valence-electron chi connectivity index (χ2n) is 6.88. The zero-order chi connectivity index (χ0) is 22.5. The Morgan fingerprint density at radius 1 is 1.16 bits per heavy atom. The maximum Gasteiger partial charge on any atom is 0.335 e. The molecule has 2 heterocycles. The van der Waals surface area contributed by atoms with Crippen LogP contribution in [-0.2, 0) is 9.53 Å². The minimum absolute atomic E-state index is 0.174. The highest BCUT2D eigenvalue weighted by Gasteiger charge is 2.33. The van der Waals surface area contributed by atoms with Crippen molar-refractivity contribution in [3.63, 3.8) is 0 Å². The number of carbonyl (C=O) groups is 2. The summed E-state index contributed by atoms with van der Waals surface area (Å²) in [6, 6.07) is 19.4. The van der Waals surface area contributed by atoms with Crippen LogP contribution in [0.15, 0.2) is 81.0 Å². The van der Waals surface area contributed by atoms with Crippen molar-refractivity contribution in [2.45, 2.75) is 0 Å². The number of ether oxygens (including phenoxy) is 1. The van der Waals surface area contributed by atoms with Crippen molar-refractivity contribution in [2.75, 3.05) is 20.3 Å². The molecule has 2 aromatic carbocycles. The Kier molecular flexibility index (Phi) is 6.53. The van der Waals surface area contributed by atoms with E-state index in [-0.39, 0.29) is 11.5 Å². The lowest BCUT2D eigenvalue weighted by molar-refractivity contribution is -0.122. The number of nitrogens with zero attached hydrogens (tertiary/aromatic N) is 2. The van der Waals surface area contributed by atoms with Crippen molar-refractivity contribution < 1.29 is 23.8 Å². The van der Waals surface area contributed by atoms with Gasteiger partial charge in [-0.1, -0.05) is 30.3 Å². The highest BCUT2D eigenvalue weighted by molar-refractivity contribution is 8.18. The highest BCUT2D eigenvalue weighted by atomic mass is 32.2. The van der Waals surface area contributed by atoms with Gasteiger partial charge in [0.1, 0.15) is 11.5 Å². The van der Waals surface area contributed by atoms with Gasteiger partial charge in [-0.3, -0.25) is 9.69 Å². The number of benzene rings is 2. The fourth-order valence-electron chi connectivity index (χ4n) is 3.10. The van der Waals surface area contributed by atoms with Crippen molar-refractivity contribution in [2.24, 2.45) is 4.99 Å². The number of rotatable bonds is 7. The monoisotopic (exact) mass is 448 g/mol. The molecule has 1 N–H and O–H groups in total. The fraction of sp³-hybridized carbons (Fsp3) is 0.125. The Morgan fingerprint density at radius 2 is 1.97 bits per heavy atom. The Hall–Kier alpha value is -3.62. The number of carboxylic acid groups (broad SMARTS) is 1. The number of amidine groups is 1. The first-order valence-electron chi connectivity index (χ1n) is 9.83. The van der Waals surface area contributed by atoms with E-state index in [1.807, 2.05) is 30.3 Å². The van der Waals surface area contributed by atoms with Crippen molar-refractivity contribution in [1.29, 1.82) is 0 Å². The van der Waals surface area contributed by atoms with Gasteiger partial charge in [0, 0.05) is 18.7 Å². The first-order chi connectivity index (χ1) is 15.5. The van der Waals surface area contributed by atoms with Gasteiger partial charge in [0.05, 0.1) is 29.3 Å². The van der Waals surface area contributed by atoms with Crippen LogP contribution in [0.3, 0.4) is 0 Å². The van der Waals surface area contributed by atoms with Crippen LogP contribution in [0.25, 0.3) is 17.4 Å². The largest absolute Gasteiger partial charge is 0.478 e. The van der Waals surface area contributed by atoms with E-state index < -0.39 is 5.97 Å². The third kappa shape index (κ3) is 4.82. The van der Waals surface area contributed by atoms with Gasteiger partial charge in [0.15, 0.2) is 5.17 Å².